The lowest BCUT2D eigenvalue weighted by molar-refractivity contribution is -0.493. The molecule has 36 heavy (non-hydrogen) atoms. The van der Waals surface area contributed by atoms with Crippen molar-refractivity contribution < 1.29 is 23.9 Å². The Kier molecular flexibility index (Phi) is 7.23. The van der Waals surface area contributed by atoms with E-state index in [0.717, 1.165) is 5.56 Å². The maximum atomic E-state index is 11.8. The summed E-state index contributed by atoms with van der Waals surface area (Å²) in [5.74, 6) is -0.559. The summed E-state index contributed by atoms with van der Waals surface area (Å²) in [5, 5.41) is 22.8. The molecular weight excluding hydrogens is 462 g/mol. The third-order valence-electron chi connectivity index (χ3n) is 7.21. The first-order chi connectivity index (χ1) is 17.1. The smallest absolute Gasteiger partial charge is 0.231 e. The normalized spacial score (nSPS) is 23.2. The molecular formula is C27H33N3O6. The molecule has 2 aliphatic rings. The summed E-state index contributed by atoms with van der Waals surface area (Å²) in [6.45, 7) is 7.53. The topological polar surface area (TPSA) is 107 Å². The van der Waals surface area contributed by atoms with Crippen LogP contribution >= 0.6 is 0 Å². The van der Waals surface area contributed by atoms with Gasteiger partial charge in [-0.2, -0.15) is 5.26 Å². The van der Waals surface area contributed by atoms with E-state index in [0.29, 0.717) is 17.1 Å². The van der Waals surface area contributed by atoms with Crippen molar-refractivity contribution in [3.05, 3.63) is 69.8 Å². The highest BCUT2D eigenvalue weighted by Crippen LogP contribution is 2.47. The molecule has 0 bridgehead atoms. The van der Waals surface area contributed by atoms with Crippen LogP contribution in [0.3, 0.4) is 0 Å². The zero-order valence-corrected chi connectivity index (χ0v) is 21.3. The van der Waals surface area contributed by atoms with Gasteiger partial charge >= 0.3 is 0 Å². The van der Waals surface area contributed by atoms with Gasteiger partial charge in [-0.25, -0.2) is 0 Å². The summed E-state index contributed by atoms with van der Waals surface area (Å²) < 4.78 is 23.6. The van der Waals surface area contributed by atoms with E-state index in [9.17, 15) is 15.4 Å². The molecule has 9 nitrogen and oxygen atoms in total. The molecule has 2 heterocycles. The van der Waals surface area contributed by atoms with Crippen molar-refractivity contribution in [2.75, 3.05) is 27.0 Å². The van der Waals surface area contributed by atoms with Gasteiger partial charge in [-0.3, -0.25) is 15.0 Å². The van der Waals surface area contributed by atoms with Gasteiger partial charge in [0.15, 0.2) is 17.3 Å². The molecule has 0 spiro atoms. The summed E-state index contributed by atoms with van der Waals surface area (Å²) in [7, 11) is 1.83. The van der Waals surface area contributed by atoms with Crippen LogP contribution in [0.2, 0.25) is 0 Å². The van der Waals surface area contributed by atoms with Crippen molar-refractivity contribution in [2.45, 2.75) is 51.2 Å². The molecule has 192 valence electrons. The number of nitrogens with zero attached hydrogens (tertiary/aromatic N) is 3. The SMILES string of the molecule is CC(C)[C@@H](C[N+](=O)[O-])[C@@](C#N)(c1ccc2c(c1)OCO2)N(C)[C@H]1COC(C)(C)O[C@H]1c1ccccc1. The van der Waals surface area contributed by atoms with Crippen molar-refractivity contribution in [3.63, 3.8) is 0 Å². The predicted octanol–water partition coefficient (Wildman–Crippen LogP) is 4.51. The van der Waals surface area contributed by atoms with Gasteiger partial charge in [-0.15, -0.1) is 0 Å². The van der Waals surface area contributed by atoms with Gasteiger partial charge in [0, 0.05) is 4.92 Å². The maximum Gasteiger partial charge on any atom is 0.231 e. The molecule has 4 atom stereocenters. The first-order valence-electron chi connectivity index (χ1n) is 12.1. The standard InChI is InChI=1S/C27H33N3O6/c1-18(2)21(14-30(31)32)27(16-28,20-11-12-23-24(13-20)34-17-33-23)29(5)22-15-35-26(3,4)36-25(22)19-9-7-6-8-10-19/h6-13,18,21-22,25H,14-15,17H2,1-5H3/t21-,22+,25+,27-/m1/s1. The molecule has 2 aromatic carbocycles. The maximum absolute atomic E-state index is 11.8. The zero-order valence-electron chi connectivity index (χ0n) is 21.3. The molecule has 0 N–H and O–H groups in total. The zero-order chi connectivity index (χ0) is 26.1. The van der Waals surface area contributed by atoms with E-state index < -0.39 is 29.4 Å². The van der Waals surface area contributed by atoms with Crippen LogP contribution in [0.4, 0.5) is 0 Å². The molecule has 1 fully saturated rings. The van der Waals surface area contributed by atoms with E-state index in [1.54, 1.807) is 18.2 Å². The van der Waals surface area contributed by atoms with Crippen LogP contribution in [0.5, 0.6) is 11.5 Å². The number of hydrogen-bond acceptors (Lipinski definition) is 8. The first-order valence-corrected chi connectivity index (χ1v) is 12.1. The predicted molar refractivity (Wildman–Crippen MR) is 132 cm³/mol. The van der Waals surface area contributed by atoms with Crippen molar-refractivity contribution in [3.8, 4) is 17.6 Å². The Balaban J connectivity index is 1.87. The minimum absolute atomic E-state index is 0.0894. The molecule has 0 amide bonds. The van der Waals surface area contributed by atoms with E-state index in [2.05, 4.69) is 6.07 Å². The second kappa shape index (κ2) is 10.1. The summed E-state index contributed by atoms with van der Waals surface area (Å²) >= 11 is 0. The minimum Gasteiger partial charge on any atom is -0.454 e. The third-order valence-corrected chi connectivity index (χ3v) is 7.21. The Morgan fingerprint density at radius 1 is 1.19 bits per heavy atom. The van der Waals surface area contributed by atoms with Crippen LogP contribution in [-0.4, -0.2) is 48.6 Å². The second-order valence-corrected chi connectivity index (χ2v) is 10.2. The molecule has 0 aromatic heterocycles. The van der Waals surface area contributed by atoms with Crippen molar-refractivity contribution in [2.24, 2.45) is 11.8 Å². The van der Waals surface area contributed by atoms with Crippen LogP contribution in [0.15, 0.2) is 48.5 Å². The largest absolute Gasteiger partial charge is 0.454 e. The molecule has 4 rings (SSSR count). The van der Waals surface area contributed by atoms with Gasteiger partial charge in [0.05, 0.1) is 24.6 Å². The Morgan fingerprint density at radius 3 is 2.53 bits per heavy atom. The van der Waals surface area contributed by atoms with E-state index in [-0.39, 0.29) is 30.8 Å². The van der Waals surface area contributed by atoms with Gasteiger partial charge < -0.3 is 18.9 Å². The molecule has 9 heteroatoms. The number of fused-ring (bicyclic) bond motifs is 1. The monoisotopic (exact) mass is 495 g/mol. The van der Waals surface area contributed by atoms with E-state index >= 15 is 0 Å². The fourth-order valence-corrected chi connectivity index (χ4v) is 5.33. The van der Waals surface area contributed by atoms with Crippen LogP contribution < -0.4 is 9.47 Å². The highest BCUT2D eigenvalue weighted by Gasteiger charge is 2.54. The number of ether oxygens (including phenoxy) is 4. The summed E-state index contributed by atoms with van der Waals surface area (Å²) in [6, 6.07) is 17.2. The molecule has 1 saturated heterocycles. The van der Waals surface area contributed by atoms with Crippen molar-refractivity contribution >= 4 is 0 Å². The fraction of sp³-hybridized carbons (Fsp3) is 0.519. The average molecular weight is 496 g/mol. The van der Waals surface area contributed by atoms with Gasteiger partial charge in [-0.05, 0) is 50.1 Å². The van der Waals surface area contributed by atoms with Gasteiger partial charge in [0.1, 0.15) is 11.6 Å². The Labute approximate surface area is 211 Å². The first kappa shape index (κ1) is 25.9. The number of likely N-dealkylation sites (N-methyl/N-ethyl adjacent to an activating group) is 1. The highest BCUT2D eigenvalue weighted by molar-refractivity contribution is 5.48. The fourth-order valence-electron chi connectivity index (χ4n) is 5.33. The molecule has 0 saturated carbocycles. The quantitative estimate of drug-likeness (QED) is 0.389. The van der Waals surface area contributed by atoms with Crippen molar-refractivity contribution in [1.82, 2.24) is 4.90 Å². The number of benzene rings is 2. The molecule has 0 unspecified atom stereocenters. The van der Waals surface area contributed by atoms with Crippen LogP contribution in [0.1, 0.15) is 44.9 Å². The summed E-state index contributed by atoms with van der Waals surface area (Å²) in [6.07, 6.45) is -0.426. The Bertz CT molecular complexity index is 1130. The number of nitriles is 1. The number of hydrogen-bond donors (Lipinski definition) is 0. The van der Waals surface area contributed by atoms with Gasteiger partial charge in [0.2, 0.25) is 13.3 Å². The molecule has 0 aliphatic carbocycles. The highest BCUT2D eigenvalue weighted by atomic mass is 16.7. The molecule has 2 aromatic rings. The minimum atomic E-state index is -1.38. The van der Waals surface area contributed by atoms with E-state index in [1.807, 2.05) is 70.0 Å². The second-order valence-electron chi connectivity index (χ2n) is 10.2. The molecule has 2 aliphatic heterocycles. The van der Waals surface area contributed by atoms with Crippen LogP contribution in [0, 0.1) is 33.3 Å². The average Bonchev–Trinajstić information content (AvgIpc) is 3.32. The number of nitro groups is 1. The van der Waals surface area contributed by atoms with Gasteiger partial charge in [-0.1, -0.05) is 50.2 Å². The van der Waals surface area contributed by atoms with Gasteiger partial charge in [0.25, 0.3) is 0 Å². The van der Waals surface area contributed by atoms with E-state index in [4.69, 9.17) is 18.9 Å². The lowest BCUT2D eigenvalue weighted by atomic mass is 9.71. The van der Waals surface area contributed by atoms with Crippen molar-refractivity contribution in [1.29, 1.82) is 5.26 Å². The third kappa shape index (κ3) is 4.76. The summed E-state index contributed by atoms with van der Waals surface area (Å²) in [4.78, 5) is 13.4. The Hall–Kier alpha value is -3.19. The van der Waals surface area contributed by atoms with E-state index in [1.165, 1.54) is 0 Å². The van der Waals surface area contributed by atoms with Crippen LogP contribution in [-0.2, 0) is 15.0 Å². The summed E-state index contributed by atoms with van der Waals surface area (Å²) in [5.41, 5.74) is 0.168. The molecule has 0 radical (unpaired) electrons. The lowest BCUT2D eigenvalue weighted by Gasteiger charge is -2.51. The lowest BCUT2D eigenvalue weighted by Crippen LogP contribution is -2.61. The number of rotatable bonds is 8. The van der Waals surface area contributed by atoms with Crippen LogP contribution in [0.25, 0.3) is 0 Å². The Morgan fingerprint density at radius 2 is 1.89 bits per heavy atom.